The molecule has 0 aliphatic carbocycles. The molecule has 1 aliphatic heterocycles. The van der Waals surface area contributed by atoms with Crippen molar-refractivity contribution in [2.75, 3.05) is 20.1 Å². The largest absolute Gasteiger partial charge is 0.319 e. The predicted molar refractivity (Wildman–Crippen MR) is 77.6 cm³/mol. The van der Waals surface area contributed by atoms with E-state index < -0.39 is 0 Å². The number of allylic oxidation sites excluding steroid dienone is 1. The number of hydrogen-bond donors (Lipinski definition) is 0. The number of benzene rings is 1. The van der Waals surface area contributed by atoms with Crippen LogP contribution in [0.25, 0.3) is 0 Å². The van der Waals surface area contributed by atoms with Gasteiger partial charge in [-0.1, -0.05) is 36.4 Å². The van der Waals surface area contributed by atoms with Crippen molar-refractivity contribution in [2.24, 2.45) is 0 Å². The summed E-state index contributed by atoms with van der Waals surface area (Å²) < 4.78 is 0. The van der Waals surface area contributed by atoms with Crippen LogP contribution in [0.3, 0.4) is 0 Å². The van der Waals surface area contributed by atoms with Gasteiger partial charge in [0.15, 0.2) is 0 Å². The minimum absolute atomic E-state index is 0.182. The van der Waals surface area contributed by atoms with Crippen LogP contribution in [0.1, 0.15) is 31.4 Å². The number of carbonyl (C=O) groups is 1. The van der Waals surface area contributed by atoms with Crippen molar-refractivity contribution in [3.05, 3.63) is 48.2 Å². The number of carbonyl (C=O) groups excluding carboxylic acids is 1. The molecule has 1 fully saturated rings. The number of rotatable bonds is 2. The number of hydrogen-bond acceptors (Lipinski definition) is 2. The summed E-state index contributed by atoms with van der Waals surface area (Å²) in [5.41, 5.74) is 1.22. The average Bonchev–Trinajstić information content (AvgIpc) is 2.43. The molecule has 0 N–H and O–H groups in total. The van der Waals surface area contributed by atoms with Gasteiger partial charge in [-0.3, -0.25) is 9.69 Å². The fourth-order valence-corrected chi connectivity index (χ4v) is 2.59. The maximum Gasteiger partial charge on any atom is 0.228 e. The van der Waals surface area contributed by atoms with Gasteiger partial charge in [-0.2, -0.15) is 0 Å². The first kappa shape index (κ1) is 13.8. The van der Waals surface area contributed by atoms with Crippen molar-refractivity contribution in [1.82, 2.24) is 9.80 Å². The standard InChI is InChI=1S/C16H22N2O/c1-3-10-18-12-7-11-17(2)15(13-16(18)19)14-8-5-4-6-9-14/h3-6,8-10,15H,7,11-13H2,1-2H3/b10-3+/t15-/m0/s1. The van der Waals surface area contributed by atoms with E-state index in [0.29, 0.717) is 6.42 Å². The lowest BCUT2D eigenvalue weighted by molar-refractivity contribution is -0.130. The Morgan fingerprint density at radius 3 is 2.63 bits per heavy atom. The molecular weight excluding hydrogens is 236 g/mol. The van der Waals surface area contributed by atoms with Gasteiger partial charge in [-0.05, 0) is 26.0 Å². The second kappa shape index (κ2) is 6.53. The topological polar surface area (TPSA) is 23.6 Å². The highest BCUT2D eigenvalue weighted by Crippen LogP contribution is 2.25. The van der Waals surface area contributed by atoms with Gasteiger partial charge in [0.25, 0.3) is 0 Å². The van der Waals surface area contributed by atoms with Gasteiger partial charge in [-0.15, -0.1) is 0 Å². The molecule has 102 valence electrons. The molecule has 1 aromatic carbocycles. The van der Waals surface area contributed by atoms with Gasteiger partial charge in [0.1, 0.15) is 0 Å². The molecule has 1 atom stereocenters. The van der Waals surface area contributed by atoms with E-state index in [1.54, 1.807) is 0 Å². The fourth-order valence-electron chi connectivity index (χ4n) is 2.59. The maximum absolute atomic E-state index is 12.3. The molecule has 0 aromatic heterocycles. The summed E-state index contributed by atoms with van der Waals surface area (Å²) in [7, 11) is 2.11. The third-order valence-electron chi connectivity index (χ3n) is 3.64. The molecule has 0 unspecified atom stereocenters. The molecule has 1 aliphatic rings. The quantitative estimate of drug-likeness (QED) is 0.814. The SMILES string of the molecule is C/C=C/N1CCCN(C)[C@H](c2ccccc2)CC1=O. The van der Waals surface area contributed by atoms with Crippen LogP contribution < -0.4 is 0 Å². The van der Waals surface area contributed by atoms with Crippen LogP contribution in [0, 0.1) is 0 Å². The zero-order chi connectivity index (χ0) is 13.7. The summed E-state index contributed by atoms with van der Waals surface area (Å²) >= 11 is 0. The first-order valence-electron chi connectivity index (χ1n) is 6.90. The molecule has 3 nitrogen and oxygen atoms in total. The van der Waals surface area contributed by atoms with Crippen LogP contribution in [0.4, 0.5) is 0 Å². The molecule has 1 amide bonds. The Labute approximate surface area is 115 Å². The lowest BCUT2D eigenvalue weighted by atomic mass is 10.0. The maximum atomic E-state index is 12.3. The highest BCUT2D eigenvalue weighted by molar-refractivity contribution is 5.78. The third kappa shape index (κ3) is 3.44. The normalized spacial score (nSPS) is 22.5. The van der Waals surface area contributed by atoms with Gasteiger partial charge < -0.3 is 4.90 Å². The molecular formula is C16H22N2O. The molecule has 1 aromatic rings. The highest BCUT2D eigenvalue weighted by Gasteiger charge is 2.25. The molecule has 1 heterocycles. The van der Waals surface area contributed by atoms with E-state index in [-0.39, 0.29) is 11.9 Å². The second-order valence-corrected chi connectivity index (χ2v) is 5.03. The fraction of sp³-hybridized carbons (Fsp3) is 0.438. The summed E-state index contributed by atoms with van der Waals surface area (Å²) in [6.07, 6.45) is 5.39. The van der Waals surface area contributed by atoms with Crippen molar-refractivity contribution in [3.8, 4) is 0 Å². The Balaban J connectivity index is 2.19. The smallest absolute Gasteiger partial charge is 0.228 e. The molecule has 2 rings (SSSR count). The average molecular weight is 258 g/mol. The Hall–Kier alpha value is -1.61. The first-order chi connectivity index (χ1) is 9.22. The molecule has 0 saturated carbocycles. The molecule has 19 heavy (non-hydrogen) atoms. The van der Waals surface area contributed by atoms with Crippen molar-refractivity contribution in [3.63, 3.8) is 0 Å². The number of nitrogens with zero attached hydrogens (tertiary/aromatic N) is 2. The minimum Gasteiger partial charge on any atom is -0.319 e. The zero-order valence-electron chi connectivity index (χ0n) is 11.7. The van der Waals surface area contributed by atoms with Crippen molar-refractivity contribution < 1.29 is 4.79 Å². The predicted octanol–water partition coefficient (Wildman–Crippen LogP) is 2.82. The van der Waals surface area contributed by atoms with Gasteiger partial charge >= 0.3 is 0 Å². The molecule has 3 heteroatoms. The van der Waals surface area contributed by atoms with Crippen LogP contribution in [0.5, 0.6) is 0 Å². The summed E-state index contributed by atoms with van der Waals surface area (Å²) in [6.45, 7) is 3.78. The van der Waals surface area contributed by atoms with Gasteiger partial charge in [0.05, 0.1) is 0 Å². The summed E-state index contributed by atoms with van der Waals surface area (Å²) in [5, 5.41) is 0. The molecule has 1 saturated heterocycles. The van der Waals surface area contributed by atoms with Crippen LogP contribution in [-0.2, 0) is 4.79 Å². The summed E-state index contributed by atoms with van der Waals surface area (Å²) in [6, 6.07) is 10.5. The van der Waals surface area contributed by atoms with Gasteiger partial charge in [0.2, 0.25) is 5.91 Å². The lowest BCUT2D eigenvalue weighted by Gasteiger charge is -2.33. The van der Waals surface area contributed by atoms with Crippen molar-refractivity contribution in [2.45, 2.75) is 25.8 Å². The first-order valence-corrected chi connectivity index (χ1v) is 6.90. The van der Waals surface area contributed by atoms with Gasteiger partial charge in [0, 0.05) is 31.8 Å². The highest BCUT2D eigenvalue weighted by atomic mass is 16.2. The molecule has 0 bridgehead atoms. The summed E-state index contributed by atoms with van der Waals surface area (Å²) in [5.74, 6) is 0.207. The van der Waals surface area contributed by atoms with Gasteiger partial charge in [-0.25, -0.2) is 0 Å². The Bertz CT molecular complexity index is 441. The van der Waals surface area contributed by atoms with E-state index in [2.05, 4.69) is 24.1 Å². The molecule has 0 spiro atoms. The molecule has 0 radical (unpaired) electrons. The Morgan fingerprint density at radius 2 is 1.95 bits per heavy atom. The van der Waals surface area contributed by atoms with E-state index in [0.717, 1.165) is 19.5 Å². The van der Waals surface area contributed by atoms with E-state index in [9.17, 15) is 4.79 Å². The van der Waals surface area contributed by atoms with Crippen molar-refractivity contribution >= 4 is 5.91 Å². The second-order valence-electron chi connectivity index (χ2n) is 5.03. The zero-order valence-corrected chi connectivity index (χ0v) is 11.7. The van der Waals surface area contributed by atoms with E-state index in [1.807, 2.05) is 42.3 Å². The van der Waals surface area contributed by atoms with Crippen LogP contribution in [0.2, 0.25) is 0 Å². The van der Waals surface area contributed by atoms with Crippen LogP contribution >= 0.6 is 0 Å². The van der Waals surface area contributed by atoms with Crippen molar-refractivity contribution in [1.29, 1.82) is 0 Å². The van der Waals surface area contributed by atoms with E-state index in [1.165, 1.54) is 5.56 Å². The lowest BCUT2D eigenvalue weighted by Crippen LogP contribution is -2.38. The monoisotopic (exact) mass is 258 g/mol. The van der Waals surface area contributed by atoms with E-state index >= 15 is 0 Å². The number of amides is 1. The van der Waals surface area contributed by atoms with Crippen LogP contribution in [0.15, 0.2) is 42.6 Å². The minimum atomic E-state index is 0.182. The third-order valence-corrected chi connectivity index (χ3v) is 3.64. The Kier molecular flexibility index (Phi) is 4.74. The Morgan fingerprint density at radius 1 is 1.21 bits per heavy atom. The summed E-state index contributed by atoms with van der Waals surface area (Å²) in [4.78, 5) is 16.5. The van der Waals surface area contributed by atoms with E-state index in [4.69, 9.17) is 0 Å². The van der Waals surface area contributed by atoms with Crippen LogP contribution in [-0.4, -0.2) is 35.8 Å².